The SMILES string of the molecule is CCC(C)c1ccc(CC2CCC(NC)CC2)cc1. The minimum atomic E-state index is 0.695. The summed E-state index contributed by atoms with van der Waals surface area (Å²) < 4.78 is 0. The largest absolute Gasteiger partial charge is 0.317 e. The Morgan fingerprint density at radius 1 is 1.11 bits per heavy atom. The minimum absolute atomic E-state index is 0.695. The maximum absolute atomic E-state index is 3.41. The average molecular weight is 259 g/mol. The molecule has 1 saturated carbocycles. The zero-order chi connectivity index (χ0) is 13.7. The molecule has 106 valence electrons. The molecule has 2 rings (SSSR count). The van der Waals surface area contributed by atoms with E-state index in [9.17, 15) is 0 Å². The fourth-order valence-electron chi connectivity index (χ4n) is 3.21. The van der Waals surface area contributed by atoms with Gasteiger partial charge in [-0.1, -0.05) is 38.1 Å². The quantitative estimate of drug-likeness (QED) is 0.819. The predicted octanol–water partition coefficient (Wildman–Crippen LogP) is 4.52. The third-order valence-corrected chi connectivity index (χ3v) is 4.94. The van der Waals surface area contributed by atoms with E-state index >= 15 is 0 Å². The first-order valence-corrected chi connectivity index (χ1v) is 7.99. The van der Waals surface area contributed by atoms with Gasteiger partial charge in [0.2, 0.25) is 0 Å². The van der Waals surface area contributed by atoms with E-state index in [1.54, 1.807) is 0 Å². The highest BCUT2D eigenvalue weighted by atomic mass is 14.9. The summed E-state index contributed by atoms with van der Waals surface area (Å²) in [5.41, 5.74) is 3.02. The first-order valence-electron chi connectivity index (χ1n) is 7.99. The van der Waals surface area contributed by atoms with Crippen LogP contribution in [0.5, 0.6) is 0 Å². The highest BCUT2D eigenvalue weighted by Crippen LogP contribution is 2.28. The summed E-state index contributed by atoms with van der Waals surface area (Å²) in [6.07, 6.45) is 7.99. The second kappa shape index (κ2) is 7.09. The Labute approximate surface area is 118 Å². The van der Waals surface area contributed by atoms with Crippen LogP contribution in [0.25, 0.3) is 0 Å². The predicted molar refractivity (Wildman–Crippen MR) is 83.7 cm³/mol. The van der Waals surface area contributed by atoms with Crippen LogP contribution in [-0.2, 0) is 6.42 Å². The van der Waals surface area contributed by atoms with Crippen LogP contribution in [0.1, 0.15) is 63.0 Å². The molecule has 0 saturated heterocycles. The van der Waals surface area contributed by atoms with Gasteiger partial charge >= 0.3 is 0 Å². The highest BCUT2D eigenvalue weighted by molar-refractivity contribution is 5.25. The summed E-state index contributed by atoms with van der Waals surface area (Å²) in [5, 5.41) is 3.41. The lowest BCUT2D eigenvalue weighted by atomic mass is 9.82. The van der Waals surface area contributed by atoms with Crippen molar-refractivity contribution in [2.45, 2.75) is 64.3 Å². The lowest BCUT2D eigenvalue weighted by Crippen LogP contribution is -2.30. The minimum Gasteiger partial charge on any atom is -0.317 e. The highest BCUT2D eigenvalue weighted by Gasteiger charge is 2.20. The summed E-state index contributed by atoms with van der Waals surface area (Å²) >= 11 is 0. The first-order chi connectivity index (χ1) is 9.22. The number of nitrogens with one attached hydrogen (secondary N) is 1. The molecule has 0 aliphatic heterocycles. The molecular weight excluding hydrogens is 230 g/mol. The van der Waals surface area contributed by atoms with E-state index in [1.807, 2.05) is 0 Å². The number of hydrogen-bond donors (Lipinski definition) is 1. The van der Waals surface area contributed by atoms with Gasteiger partial charge in [0.15, 0.2) is 0 Å². The lowest BCUT2D eigenvalue weighted by Gasteiger charge is -2.28. The standard InChI is InChI=1S/C18H29N/c1-4-14(2)17-9-5-15(6-10-17)13-16-7-11-18(19-3)12-8-16/h5-6,9-10,14,16,18-19H,4,7-8,11-13H2,1-3H3. The van der Waals surface area contributed by atoms with Gasteiger partial charge < -0.3 is 5.32 Å². The van der Waals surface area contributed by atoms with Gasteiger partial charge in [-0.25, -0.2) is 0 Å². The van der Waals surface area contributed by atoms with Crippen molar-refractivity contribution < 1.29 is 0 Å². The normalized spacial score (nSPS) is 25.2. The maximum Gasteiger partial charge on any atom is 0.00642 e. The fraction of sp³-hybridized carbons (Fsp3) is 0.667. The average Bonchev–Trinajstić information content (AvgIpc) is 2.48. The Kier molecular flexibility index (Phi) is 5.45. The van der Waals surface area contributed by atoms with Crippen LogP contribution in [0.3, 0.4) is 0 Å². The molecule has 1 atom stereocenters. The molecule has 1 aromatic carbocycles. The molecule has 0 spiro atoms. The van der Waals surface area contributed by atoms with Gasteiger partial charge in [-0.05, 0) is 68.5 Å². The van der Waals surface area contributed by atoms with Crippen molar-refractivity contribution in [3.63, 3.8) is 0 Å². The van der Waals surface area contributed by atoms with Gasteiger partial charge in [-0.3, -0.25) is 0 Å². The molecule has 1 aliphatic carbocycles. The molecule has 19 heavy (non-hydrogen) atoms. The van der Waals surface area contributed by atoms with E-state index in [0.717, 1.165) is 12.0 Å². The molecule has 0 bridgehead atoms. The van der Waals surface area contributed by atoms with Crippen molar-refractivity contribution in [2.75, 3.05) is 7.05 Å². The third kappa shape index (κ3) is 4.07. The van der Waals surface area contributed by atoms with Crippen LogP contribution < -0.4 is 5.32 Å². The molecule has 1 aliphatic rings. The molecule has 0 radical (unpaired) electrons. The van der Waals surface area contributed by atoms with Gasteiger partial charge in [0.1, 0.15) is 0 Å². The van der Waals surface area contributed by atoms with Crippen LogP contribution in [-0.4, -0.2) is 13.1 Å². The second-order valence-corrected chi connectivity index (χ2v) is 6.26. The summed E-state index contributed by atoms with van der Waals surface area (Å²) in [5.74, 6) is 1.60. The van der Waals surface area contributed by atoms with Crippen molar-refractivity contribution in [3.05, 3.63) is 35.4 Å². The van der Waals surface area contributed by atoms with Crippen molar-refractivity contribution >= 4 is 0 Å². The first kappa shape index (κ1) is 14.6. The zero-order valence-corrected chi connectivity index (χ0v) is 12.8. The molecule has 1 N–H and O–H groups in total. The van der Waals surface area contributed by atoms with Gasteiger partial charge in [0.25, 0.3) is 0 Å². The topological polar surface area (TPSA) is 12.0 Å². The van der Waals surface area contributed by atoms with Crippen LogP contribution in [0.15, 0.2) is 24.3 Å². The Morgan fingerprint density at radius 2 is 1.74 bits per heavy atom. The summed E-state index contributed by atoms with van der Waals surface area (Å²) in [7, 11) is 2.10. The van der Waals surface area contributed by atoms with E-state index in [4.69, 9.17) is 0 Å². The van der Waals surface area contributed by atoms with E-state index < -0.39 is 0 Å². The van der Waals surface area contributed by atoms with Crippen molar-refractivity contribution in [1.29, 1.82) is 0 Å². The zero-order valence-electron chi connectivity index (χ0n) is 12.8. The van der Waals surface area contributed by atoms with Crippen LogP contribution in [0.4, 0.5) is 0 Å². The molecule has 1 aromatic rings. The Balaban J connectivity index is 1.86. The monoisotopic (exact) mass is 259 g/mol. The van der Waals surface area contributed by atoms with Crippen molar-refractivity contribution in [1.82, 2.24) is 5.32 Å². The molecule has 1 fully saturated rings. The van der Waals surface area contributed by atoms with Crippen LogP contribution >= 0.6 is 0 Å². The van der Waals surface area contributed by atoms with Crippen LogP contribution in [0.2, 0.25) is 0 Å². The summed E-state index contributed by atoms with van der Waals surface area (Å²) in [4.78, 5) is 0. The van der Waals surface area contributed by atoms with Gasteiger partial charge in [-0.15, -0.1) is 0 Å². The van der Waals surface area contributed by atoms with E-state index in [0.29, 0.717) is 5.92 Å². The van der Waals surface area contributed by atoms with E-state index in [1.165, 1.54) is 49.7 Å². The van der Waals surface area contributed by atoms with E-state index in [2.05, 4.69) is 50.5 Å². The van der Waals surface area contributed by atoms with Crippen LogP contribution in [0, 0.1) is 5.92 Å². The Bertz CT molecular complexity index is 360. The Hall–Kier alpha value is -0.820. The van der Waals surface area contributed by atoms with Gasteiger partial charge in [-0.2, -0.15) is 0 Å². The molecule has 1 unspecified atom stereocenters. The van der Waals surface area contributed by atoms with Crippen molar-refractivity contribution in [2.24, 2.45) is 5.92 Å². The molecule has 0 aromatic heterocycles. The third-order valence-electron chi connectivity index (χ3n) is 4.94. The maximum atomic E-state index is 3.41. The molecule has 0 heterocycles. The Morgan fingerprint density at radius 3 is 2.26 bits per heavy atom. The summed E-state index contributed by atoms with van der Waals surface area (Å²) in [6, 6.07) is 10.1. The molecule has 1 heteroatoms. The van der Waals surface area contributed by atoms with Gasteiger partial charge in [0.05, 0.1) is 0 Å². The van der Waals surface area contributed by atoms with Gasteiger partial charge in [0, 0.05) is 6.04 Å². The fourth-order valence-corrected chi connectivity index (χ4v) is 3.21. The lowest BCUT2D eigenvalue weighted by molar-refractivity contribution is 0.300. The van der Waals surface area contributed by atoms with E-state index in [-0.39, 0.29) is 0 Å². The molecule has 0 amide bonds. The smallest absolute Gasteiger partial charge is 0.00642 e. The number of hydrogen-bond acceptors (Lipinski definition) is 1. The van der Waals surface area contributed by atoms with Crippen molar-refractivity contribution in [3.8, 4) is 0 Å². The molecular formula is C18H29N. The second-order valence-electron chi connectivity index (χ2n) is 6.26. The number of benzene rings is 1. The summed E-state index contributed by atoms with van der Waals surface area (Å²) in [6.45, 7) is 4.58. The molecule has 1 nitrogen and oxygen atoms in total. The number of rotatable bonds is 5.